The normalized spacial score (nSPS) is 10.8. The van der Waals surface area contributed by atoms with Gasteiger partial charge >= 0.3 is 0 Å². The smallest absolute Gasteiger partial charge is 0.190 e. The Hall–Kier alpha value is -1.33. The van der Waals surface area contributed by atoms with Crippen molar-refractivity contribution in [3.05, 3.63) is 36.2 Å². The first kappa shape index (κ1) is 13.1. The molecule has 0 fully saturated rings. The lowest BCUT2D eigenvalue weighted by Crippen LogP contribution is -2.13. The van der Waals surface area contributed by atoms with Crippen molar-refractivity contribution in [2.24, 2.45) is 7.05 Å². The second-order valence-corrected chi connectivity index (χ2v) is 5.13. The van der Waals surface area contributed by atoms with Gasteiger partial charge in [-0.3, -0.25) is 0 Å². The molecular weight excluding hydrogens is 244 g/mol. The molecule has 0 saturated heterocycles. The van der Waals surface area contributed by atoms with Crippen molar-refractivity contribution in [1.29, 1.82) is 0 Å². The second-order valence-electron chi connectivity index (χ2n) is 4.09. The lowest BCUT2D eigenvalue weighted by Gasteiger charge is -2.05. The zero-order valence-electron chi connectivity index (χ0n) is 10.8. The maximum atomic E-state index is 4.20. The molecule has 0 spiro atoms. The minimum absolute atomic E-state index is 0.909. The van der Waals surface area contributed by atoms with E-state index in [1.807, 2.05) is 7.05 Å². The number of hydrogen-bond donors (Lipinski definition) is 1. The number of aromatic nitrogens is 3. The standard InChI is InChI=1S/C13H18N4S/c1-3-8-14-9-11-4-6-12(7-5-11)18-13-15-10-16-17(13)2/h4-7,10,14H,3,8-9H2,1-2H3. The molecule has 0 radical (unpaired) electrons. The number of hydrogen-bond acceptors (Lipinski definition) is 4. The highest BCUT2D eigenvalue weighted by Crippen LogP contribution is 2.25. The summed E-state index contributed by atoms with van der Waals surface area (Å²) in [5, 5.41) is 8.36. The van der Waals surface area contributed by atoms with E-state index in [4.69, 9.17) is 0 Å². The molecule has 1 N–H and O–H groups in total. The van der Waals surface area contributed by atoms with Gasteiger partial charge in [-0.2, -0.15) is 5.10 Å². The van der Waals surface area contributed by atoms with E-state index in [0.717, 1.165) is 18.2 Å². The predicted molar refractivity (Wildman–Crippen MR) is 73.6 cm³/mol. The maximum absolute atomic E-state index is 4.20. The van der Waals surface area contributed by atoms with E-state index < -0.39 is 0 Å². The summed E-state index contributed by atoms with van der Waals surface area (Å²) in [4.78, 5) is 5.38. The van der Waals surface area contributed by atoms with Gasteiger partial charge < -0.3 is 5.32 Å². The minimum Gasteiger partial charge on any atom is -0.313 e. The Morgan fingerprint density at radius 1 is 1.28 bits per heavy atom. The number of nitrogens with zero attached hydrogens (tertiary/aromatic N) is 3. The van der Waals surface area contributed by atoms with Crippen molar-refractivity contribution < 1.29 is 0 Å². The summed E-state index contributed by atoms with van der Waals surface area (Å²) < 4.78 is 1.78. The van der Waals surface area contributed by atoms with E-state index in [1.165, 1.54) is 16.9 Å². The third kappa shape index (κ3) is 3.58. The van der Waals surface area contributed by atoms with Crippen LogP contribution in [0.25, 0.3) is 0 Å². The van der Waals surface area contributed by atoms with Gasteiger partial charge in [0.25, 0.3) is 0 Å². The molecule has 2 rings (SSSR count). The van der Waals surface area contributed by atoms with Gasteiger partial charge in [0.05, 0.1) is 0 Å². The average molecular weight is 262 g/mol. The first-order valence-corrected chi connectivity index (χ1v) is 6.92. The Labute approximate surface area is 112 Å². The van der Waals surface area contributed by atoms with Gasteiger partial charge in [-0.15, -0.1) is 0 Å². The number of nitrogens with one attached hydrogen (secondary N) is 1. The fourth-order valence-corrected chi connectivity index (χ4v) is 2.33. The third-order valence-corrected chi connectivity index (χ3v) is 3.62. The van der Waals surface area contributed by atoms with Crippen LogP contribution in [0.3, 0.4) is 0 Å². The van der Waals surface area contributed by atoms with Crippen LogP contribution in [0, 0.1) is 0 Å². The molecule has 0 atom stereocenters. The van der Waals surface area contributed by atoms with Gasteiger partial charge in [0.1, 0.15) is 6.33 Å². The fourth-order valence-electron chi connectivity index (χ4n) is 1.57. The summed E-state index contributed by atoms with van der Waals surface area (Å²) in [5.41, 5.74) is 1.31. The molecule has 1 heterocycles. The molecule has 0 aliphatic carbocycles. The first-order chi connectivity index (χ1) is 8.79. The molecule has 0 amide bonds. The molecule has 18 heavy (non-hydrogen) atoms. The molecule has 1 aromatic carbocycles. The van der Waals surface area contributed by atoms with Crippen LogP contribution in [-0.4, -0.2) is 21.3 Å². The quantitative estimate of drug-likeness (QED) is 0.812. The molecule has 0 bridgehead atoms. The summed E-state index contributed by atoms with van der Waals surface area (Å²) in [6.45, 7) is 4.17. The topological polar surface area (TPSA) is 42.7 Å². The number of aryl methyl sites for hydroxylation is 1. The number of rotatable bonds is 6. The van der Waals surface area contributed by atoms with Crippen LogP contribution in [0.15, 0.2) is 40.6 Å². The van der Waals surface area contributed by atoms with Crippen LogP contribution in [0.4, 0.5) is 0 Å². The van der Waals surface area contributed by atoms with Gasteiger partial charge in [-0.05, 0) is 30.7 Å². The van der Waals surface area contributed by atoms with E-state index >= 15 is 0 Å². The van der Waals surface area contributed by atoms with Gasteiger partial charge in [0.15, 0.2) is 5.16 Å². The van der Waals surface area contributed by atoms with Crippen molar-refractivity contribution in [2.45, 2.75) is 29.9 Å². The lowest BCUT2D eigenvalue weighted by atomic mass is 10.2. The Balaban J connectivity index is 1.93. The molecule has 2 aromatic rings. The molecule has 0 aliphatic heterocycles. The molecule has 0 aliphatic rings. The average Bonchev–Trinajstić information content (AvgIpc) is 2.78. The van der Waals surface area contributed by atoms with Gasteiger partial charge in [-0.1, -0.05) is 30.8 Å². The fraction of sp³-hybridized carbons (Fsp3) is 0.385. The van der Waals surface area contributed by atoms with Crippen molar-refractivity contribution in [1.82, 2.24) is 20.1 Å². The summed E-state index contributed by atoms with van der Waals surface area (Å²) in [5.74, 6) is 0. The molecular formula is C13H18N4S. The summed E-state index contributed by atoms with van der Waals surface area (Å²) in [7, 11) is 1.90. The van der Waals surface area contributed by atoms with E-state index in [2.05, 4.69) is 46.6 Å². The molecule has 4 nitrogen and oxygen atoms in total. The zero-order chi connectivity index (χ0) is 12.8. The van der Waals surface area contributed by atoms with Crippen molar-refractivity contribution in [3.8, 4) is 0 Å². The van der Waals surface area contributed by atoms with E-state index in [9.17, 15) is 0 Å². The zero-order valence-corrected chi connectivity index (χ0v) is 11.6. The van der Waals surface area contributed by atoms with Crippen molar-refractivity contribution >= 4 is 11.8 Å². The Kier molecular flexibility index (Phi) is 4.78. The van der Waals surface area contributed by atoms with Crippen LogP contribution in [0.1, 0.15) is 18.9 Å². The first-order valence-electron chi connectivity index (χ1n) is 6.11. The largest absolute Gasteiger partial charge is 0.313 e. The van der Waals surface area contributed by atoms with E-state index in [0.29, 0.717) is 0 Å². The van der Waals surface area contributed by atoms with E-state index in [1.54, 1.807) is 22.8 Å². The lowest BCUT2D eigenvalue weighted by molar-refractivity contribution is 0.675. The van der Waals surface area contributed by atoms with Crippen LogP contribution < -0.4 is 5.32 Å². The van der Waals surface area contributed by atoms with Crippen LogP contribution in [-0.2, 0) is 13.6 Å². The summed E-state index contributed by atoms with van der Waals surface area (Å²) >= 11 is 1.63. The highest BCUT2D eigenvalue weighted by atomic mass is 32.2. The van der Waals surface area contributed by atoms with Gasteiger partial charge in [0.2, 0.25) is 0 Å². The summed E-state index contributed by atoms with van der Waals surface area (Å²) in [6, 6.07) is 8.56. The summed E-state index contributed by atoms with van der Waals surface area (Å²) in [6.07, 6.45) is 2.74. The Bertz CT molecular complexity index is 478. The SMILES string of the molecule is CCCNCc1ccc(Sc2ncnn2C)cc1. The molecule has 96 valence electrons. The molecule has 1 aromatic heterocycles. The highest BCUT2D eigenvalue weighted by Gasteiger charge is 2.03. The Morgan fingerprint density at radius 3 is 2.67 bits per heavy atom. The van der Waals surface area contributed by atoms with Crippen LogP contribution in [0.2, 0.25) is 0 Å². The van der Waals surface area contributed by atoms with Crippen molar-refractivity contribution in [3.63, 3.8) is 0 Å². The van der Waals surface area contributed by atoms with Gasteiger partial charge in [-0.25, -0.2) is 9.67 Å². The Morgan fingerprint density at radius 2 is 2.06 bits per heavy atom. The molecule has 0 unspecified atom stereocenters. The molecule has 0 saturated carbocycles. The van der Waals surface area contributed by atoms with Crippen LogP contribution >= 0.6 is 11.8 Å². The minimum atomic E-state index is 0.909. The highest BCUT2D eigenvalue weighted by molar-refractivity contribution is 7.99. The van der Waals surface area contributed by atoms with Crippen LogP contribution in [0.5, 0.6) is 0 Å². The van der Waals surface area contributed by atoms with Gasteiger partial charge in [0, 0.05) is 18.5 Å². The number of benzene rings is 1. The third-order valence-electron chi connectivity index (χ3n) is 2.56. The van der Waals surface area contributed by atoms with Crippen molar-refractivity contribution in [2.75, 3.05) is 6.54 Å². The second kappa shape index (κ2) is 6.56. The maximum Gasteiger partial charge on any atom is 0.190 e. The predicted octanol–water partition coefficient (Wildman–Crippen LogP) is 2.47. The monoisotopic (exact) mass is 262 g/mol. The molecule has 5 heteroatoms. The van der Waals surface area contributed by atoms with E-state index in [-0.39, 0.29) is 0 Å².